The summed E-state index contributed by atoms with van der Waals surface area (Å²) in [5.74, 6) is 0. The van der Waals surface area contributed by atoms with E-state index in [2.05, 4.69) is 30.0 Å². The van der Waals surface area contributed by atoms with Crippen molar-refractivity contribution in [2.45, 2.75) is 26.7 Å². The van der Waals surface area contributed by atoms with E-state index in [0.717, 1.165) is 35.1 Å². The number of hydrogen-bond donors (Lipinski definition) is 1. The summed E-state index contributed by atoms with van der Waals surface area (Å²) in [7, 11) is 0. The Kier molecular flexibility index (Phi) is 3.14. The van der Waals surface area contributed by atoms with E-state index in [1.807, 2.05) is 28.9 Å². The van der Waals surface area contributed by atoms with Crippen LogP contribution < -0.4 is 5.73 Å². The van der Waals surface area contributed by atoms with Gasteiger partial charge in [-0.2, -0.15) is 5.10 Å². The fourth-order valence-electron chi connectivity index (χ4n) is 2.47. The molecule has 0 amide bonds. The van der Waals surface area contributed by atoms with Crippen molar-refractivity contribution in [2.24, 2.45) is 0 Å². The molecule has 0 saturated heterocycles. The zero-order chi connectivity index (χ0) is 14.1. The maximum atomic E-state index is 6.17. The van der Waals surface area contributed by atoms with Crippen molar-refractivity contribution in [1.82, 2.24) is 14.8 Å². The number of aryl methyl sites for hydroxylation is 2. The molecular weight excluding hydrogens is 248 g/mol. The predicted molar refractivity (Wildman–Crippen MR) is 82.0 cm³/mol. The molecule has 2 N–H and O–H groups in total. The van der Waals surface area contributed by atoms with Crippen LogP contribution in [0.25, 0.3) is 16.6 Å². The molecule has 0 unspecified atom stereocenters. The number of hydrogen-bond acceptors (Lipinski definition) is 3. The minimum absolute atomic E-state index is 0.657. The topological polar surface area (TPSA) is 56.7 Å². The predicted octanol–water partition coefficient (Wildman–Crippen LogP) is 3.13. The summed E-state index contributed by atoms with van der Waals surface area (Å²) in [5.41, 5.74) is 11.0. The highest BCUT2D eigenvalue weighted by Crippen LogP contribution is 2.27. The normalized spacial score (nSPS) is 11.1. The Bertz CT molecular complexity index is 758. The third-order valence-corrected chi connectivity index (χ3v) is 3.55. The summed E-state index contributed by atoms with van der Waals surface area (Å²) in [4.78, 5) is 4.38. The molecule has 2 heterocycles. The average Bonchev–Trinajstić information content (AvgIpc) is 2.90. The van der Waals surface area contributed by atoms with Crippen molar-refractivity contribution < 1.29 is 0 Å². The van der Waals surface area contributed by atoms with Gasteiger partial charge in [0.1, 0.15) is 0 Å². The number of aromatic nitrogens is 3. The van der Waals surface area contributed by atoms with E-state index in [-0.39, 0.29) is 0 Å². The highest BCUT2D eigenvalue weighted by atomic mass is 15.3. The number of nitrogen functional groups attached to an aromatic ring is 1. The summed E-state index contributed by atoms with van der Waals surface area (Å²) >= 11 is 0. The van der Waals surface area contributed by atoms with Gasteiger partial charge in [0.25, 0.3) is 0 Å². The number of rotatable bonds is 3. The van der Waals surface area contributed by atoms with Crippen LogP contribution >= 0.6 is 0 Å². The van der Waals surface area contributed by atoms with Crippen molar-refractivity contribution in [1.29, 1.82) is 0 Å². The molecule has 0 aliphatic rings. The Morgan fingerprint density at radius 2 is 1.95 bits per heavy atom. The number of nitrogens with zero attached hydrogens (tertiary/aromatic N) is 3. The lowest BCUT2D eigenvalue weighted by Crippen LogP contribution is -2.06. The second-order valence-corrected chi connectivity index (χ2v) is 4.83. The van der Waals surface area contributed by atoms with Crippen molar-refractivity contribution in [3.05, 3.63) is 47.9 Å². The molecule has 20 heavy (non-hydrogen) atoms. The molecule has 102 valence electrons. The zero-order valence-corrected chi connectivity index (χ0v) is 11.8. The van der Waals surface area contributed by atoms with Gasteiger partial charge in [-0.05, 0) is 25.0 Å². The lowest BCUT2D eigenvalue weighted by Gasteiger charge is -2.12. The lowest BCUT2D eigenvalue weighted by molar-refractivity contribution is 0.800. The van der Waals surface area contributed by atoms with Crippen molar-refractivity contribution in [3.63, 3.8) is 0 Å². The van der Waals surface area contributed by atoms with E-state index in [1.165, 1.54) is 5.69 Å². The van der Waals surface area contributed by atoms with E-state index in [1.54, 1.807) is 6.20 Å². The molecule has 3 aromatic rings. The van der Waals surface area contributed by atoms with Crippen LogP contribution in [0.4, 0.5) is 5.69 Å². The van der Waals surface area contributed by atoms with Gasteiger partial charge in [0.2, 0.25) is 0 Å². The van der Waals surface area contributed by atoms with Gasteiger partial charge in [-0.25, -0.2) is 4.68 Å². The molecule has 3 rings (SSSR count). The van der Waals surface area contributed by atoms with Crippen LogP contribution in [0.2, 0.25) is 0 Å². The fraction of sp³-hybridized carbons (Fsp3) is 0.250. The summed E-state index contributed by atoms with van der Waals surface area (Å²) in [6.45, 7) is 4.24. The van der Waals surface area contributed by atoms with E-state index < -0.39 is 0 Å². The first-order valence-corrected chi connectivity index (χ1v) is 6.96. The standard InChI is InChI=1S/C16H18N4/c1-3-11-9-12(4-2)20(19-11)16-13-7-5-6-8-15(13)18-10-14(16)17/h5-10H,3-4,17H2,1-2H3. The highest BCUT2D eigenvalue weighted by molar-refractivity contribution is 5.92. The summed E-state index contributed by atoms with van der Waals surface area (Å²) in [6.07, 6.45) is 3.55. The third-order valence-electron chi connectivity index (χ3n) is 3.55. The fourth-order valence-corrected chi connectivity index (χ4v) is 2.47. The molecular formula is C16H18N4. The molecule has 1 aromatic carbocycles. The molecule has 4 nitrogen and oxygen atoms in total. The second kappa shape index (κ2) is 4.96. The van der Waals surface area contributed by atoms with Crippen LogP contribution in [0.15, 0.2) is 36.5 Å². The third kappa shape index (κ3) is 1.93. The molecule has 0 radical (unpaired) electrons. The van der Waals surface area contributed by atoms with Gasteiger partial charge in [-0.1, -0.05) is 32.0 Å². The van der Waals surface area contributed by atoms with Crippen LogP contribution in [0.5, 0.6) is 0 Å². The maximum Gasteiger partial charge on any atom is 0.0987 e. The Balaban J connectivity index is 2.33. The van der Waals surface area contributed by atoms with Crippen molar-refractivity contribution in [3.8, 4) is 5.69 Å². The zero-order valence-electron chi connectivity index (χ0n) is 11.8. The SMILES string of the molecule is CCc1cc(CC)n(-c2c(N)cnc3ccccc23)n1. The van der Waals surface area contributed by atoms with Crippen LogP contribution in [0.1, 0.15) is 25.2 Å². The van der Waals surface area contributed by atoms with Crippen LogP contribution in [0.3, 0.4) is 0 Å². The average molecular weight is 266 g/mol. The number of benzene rings is 1. The van der Waals surface area contributed by atoms with E-state index in [9.17, 15) is 0 Å². The smallest absolute Gasteiger partial charge is 0.0987 e. The van der Waals surface area contributed by atoms with Crippen LogP contribution in [-0.4, -0.2) is 14.8 Å². The van der Waals surface area contributed by atoms with E-state index in [0.29, 0.717) is 5.69 Å². The minimum atomic E-state index is 0.657. The van der Waals surface area contributed by atoms with Crippen LogP contribution in [-0.2, 0) is 12.8 Å². The number of fused-ring (bicyclic) bond motifs is 1. The molecule has 0 aliphatic carbocycles. The van der Waals surface area contributed by atoms with E-state index in [4.69, 9.17) is 5.73 Å². The first-order valence-electron chi connectivity index (χ1n) is 6.96. The molecule has 4 heteroatoms. The van der Waals surface area contributed by atoms with Gasteiger partial charge in [-0.3, -0.25) is 4.98 Å². The summed E-state index contributed by atoms with van der Waals surface area (Å²) < 4.78 is 1.97. The molecule has 0 aliphatic heterocycles. The quantitative estimate of drug-likeness (QED) is 0.792. The van der Waals surface area contributed by atoms with Gasteiger partial charge in [0.15, 0.2) is 0 Å². The Labute approximate surface area is 118 Å². The van der Waals surface area contributed by atoms with Crippen molar-refractivity contribution in [2.75, 3.05) is 5.73 Å². The Hall–Kier alpha value is -2.36. The lowest BCUT2D eigenvalue weighted by atomic mass is 10.1. The maximum absolute atomic E-state index is 6.17. The minimum Gasteiger partial charge on any atom is -0.396 e. The number of nitrogens with two attached hydrogens (primary N) is 1. The van der Waals surface area contributed by atoms with Crippen LogP contribution in [0, 0.1) is 0 Å². The first-order chi connectivity index (χ1) is 9.74. The highest BCUT2D eigenvalue weighted by Gasteiger charge is 2.13. The first kappa shape index (κ1) is 12.7. The van der Waals surface area contributed by atoms with Gasteiger partial charge < -0.3 is 5.73 Å². The Morgan fingerprint density at radius 1 is 1.15 bits per heavy atom. The van der Waals surface area contributed by atoms with E-state index >= 15 is 0 Å². The summed E-state index contributed by atoms with van der Waals surface area (Å²) in [6, 6.07) is 10.2. The monoisotopic (exact) mass is 266 g/mol. The number of para-hydroxylation sites is 1. The summed E-state index contributed by atoms with van der Waals surface area (Å²) in [5, 5.41) is 5.72. The largest absolute Gasteiger partial charge is 0.396 e. The van der Waals surface area contributed by atoms with Gasteiger partial charge >= 0.3 is 0 Å². The van der Waals surface area contributed by atoms with Gasteiger partial charge in [0, 0.05) is 11.1 Å². The molecule has 0 spiro atoms. The van der Waals surface area contributed by atoms with Gasteiger partial charge in [-0.15, -0.1) is 0 Å². The molecule has 0 bridgehead atoms. The Morgan fingerprint density at radius 3 is 2.70 bits per heavy atom. The number of pyridine rings is 1. The van der Waals surface area contributed by atoms with Gasteiger partial charge in [0.05, 0.1) is 28.8 Å². The molecule has 0 atom stereocenters. The number of anilines is 1. The molecule has 0 fully saturated rings. The molecule has 2 aromatic heterocycles. The second-order valence-electron chi connectivity index (χ2n) is 4.83. The van der Waals surface area contributed by atoms with Crippen molar-refractivity contribution >= 4 is 16.6 Å². The molecule has 0 saturated carbocycles.